The Morgan fingerprint density at radius 1 is 1.24 bits per heavy atom. The van der Waals surface area contributed by atoms with Gasteiger partial charge in [-0.25, -0.2) is 9.97 Å². The number of piperazine rings is 1. The summed E-state index contributed by atoms with van der Waals surface area (Å²) in [7, 11) is 1.76. The zero-order valence-electron chi connectivity index (χ0n) is 16.6. The Morgan fingerprint density at radius 3 is 2.69 bits per heavy atom. The highest BCUT2D eigenvalue weighted by Gasteiger charge is 2.28. The van der Waals surface area contributed by atoms with Crippen molar-refractivity contribution in [3.05, 3.63) is 71.0 Å². The first-order valence-electron chi connectivity index (χ1n) is 9.63. The molecule has 3 aromatic rings. The van der Waals surface area contributed by atoms with Crippen LogP contribution in [0.1, 0.15) is 27.9 Å². The lowest BCUT2D eigenvalue weighted by Gasteiger charge is -2.37. The molecule has 0 radical (unpaired) electrons. The van der Waals surface area contributed by atoms with Gasteiger partial charge in [-0.15, -0.1) is 0 Å². The maximum atomic E-state index is 12.9. The lowest BCUT2D eigenvalue weighted by atomic mass is 10.1. The molecule has 4 rings (SSSR count). The number of thiazole rings is 1. The molecule has 1 saturated heterocycles. The van der Waals surface area contributed by atoms with Crippen molar-refractivity contribution in [3.8, 4) is 0 Å². The summed E-state index contributed by atoms with van der Waals surface area (Å²) < 4.78 is 0. The first-order chi connectivity index (χ1) is 14.1. The Kier molecular flexibility index (Phi) is 5.40. The van der Waals surface area contributed by atoms with E-state index in [9.17, 15) is 4.79 Å². The Balaban J connectivity index is 1.50. The van der Waals surface area contributed by atoms with Crippen LogP contribution in [0.15, 0.2) is 59.9 Å². The monoisotopic (exact) mass is 405 g/mol. The molecule has 6 nitrogen and oxygen atoms in total. The van der Waals surface area contributed by atoms with Crippen LogP contribution in [-0.4, -0.2) is 58.2 Å². The highest BCUT2D eigenvalue weighted by Crippen LogP contribution is 2.24. The molecule has 0 atom stereocenters. The van der Waals surface area contributed by atoms with Crippen LogP contribution in [0.25, 0.3) is 10.3 Å². The number of nitrogens with zero attached hydrogens (tertiary/aromatic N) is 5. The number of hydrogen-bond acceptors (Lipinski definition) is 5. The zero-order chi connectivity index (χ0) is 20.4. The number of rotatable bonds is 3. The van der Waals surface area contributed by atoms with Gasteiger partial charge in [-0.1, -0.05) is 37.0 Å². The average molecular weight is 406 g/mol. The van der Waals surface area contributed by atoms with Crippen molar-refractivity contribution in [2.75, 3.05) is 26.7 Å². The smallest absolute Gasteiger partial charge is 0.254 e. The molecule has 148 valence electrons. The molecule has 7 heteroatoms. The van der Waals surface area contributed by atoms with E-state index in [0.29, 0.717) is 25.2 Å². The summed E-state index contributed by atoms with van der Waals surface area (Å²) in [5.74, 6) is 0.810. The predicted molar refractivity (Wildman–Crippen MR) is 117 cm³/mol. The second-order valence-corrected chi connectivity index (χ2v) is 7.87. The van der Waals surface area contributed by atoms with Crippen molar-refractivity contribution in [1.82, 2.24) is 19.8 Å². The molecule has 1 fully saturated rings. The lowest BCUT2D eigenvalue weighted by molar-refractivity contribution is 0.0728. The fourth-order valence-electron chi connectivity index (χ4n) is 3.46. The van der Waals surface area contributed by atoms with Gasteiger partial charge in [-0.2, -0.15) is 0 Å². The third-order valence-electron chi connectivity index (χ3n) is 5.07. The van der Waals surface area contributed by atoms with E-state index < -0.39 is 0 Å². The summed E-state index contributed by atoms with van der Waals surface area (Å²) in [6.45, 7) is 8.02. The van der Waals surface area contributed by atoms with Crippen LogP contribution in [-0.2, 0) is 6.42 Å². The lowest BCUT2D eigenvalue weighted by Crippen LogP contribution is -2.49. The molecule has 2 aromatic heterocycles. The predicted octanol–water partition coefficient (Wildman–Crippen LogP) is 3.60. The summed E-state index contributed by atoms with van der Waals surface area (Å²) in [6.07, 6.45) is 2.73. The second-order valence-electron chi connectivity index (χ2n) is 6.89. The number of amidine groups is 1. The molecule has 1 aromatic carbocycles. The van der Waals surface area contributed by atoms with E-state index >= 15 is 0 Å². The quantitative estimate of drug-likeness (QED) is 0.493. The van der Waals surface area contributed by atoms with Crippen molar-refractivity contribution < 1.29 is 4.79 Å². The molecule has 1 amide bonds. The van der Waals surface area contributed by atoms with Crippen LogP contribution < -0.4 is 0 Å². The third kappa shape index (κ3) is 3.78. The highest BCUT2D eigenvalue weighted by molar-refractivity contribution is 7.19. The maximum Gasteiger partial charge on any atom is 0.254 e. The van der Waals surface area contributed by atoms with Crippen molar-refractivity contribution in [3.63, 3.8) is 0 Å². The number of aromatic nitrogens is 2. The third-order valence-corrected chi connectivity index (χ3v) is 6.05. The van der Waals surface area contributed by atoms with Gasteiger partial charge in [0.15, 0.2) is 10.8 Å². The minimum absolute atomic E-state index is 0.0348. The van der Waals surface area contributed by atoms with Crippen LogP contribution in [0.3, 0.4) is 0 Å². The largest absolute Gasteiger partial charge is 0.331 e. The van der Waals surface area contributed by atoms with Gasteiger partial charge in [0.2, 0.25) is 0 Å². The van der Waals surface area contributed by atoms with Crippen LogP contribution in [0.5, 0.6) is 0 Å². The number of fused-ring (bicyclic) bond motifs is 1. The second kappa shape index (κ2) is 8.13. The fourth-order valence-corrected chi connectivity index (χ4v) is 4.41. The van der Waals surface area contributed by atoms with Crippen molar-refractivity contribution >= 4 is 33.4 Å². The number of benzene rings is 1. The Bertz CT molecular complexity index is 1050. The van der Waals surface area contributed by atoms with Gasteiger partial charge >= 0.3 is 0 Å². The van der Waals surface area contributed by atoms with Crippen LogP contribution >= 0.6 is 11.3 Å². The van der Waals surface area contributed by atoms with Gasteiger partial charge in [0.1, 0.15) is 10.3 Å². The van der Waals surface area contributed by atoms with Crippen molar-refractivity contribution in [2.45, 2.75) is 13.3 Å². The molecule has 0 aliphatic carbocycles. The van der Waals surface area contributed by atoms with E-state index in [0.717, 1.165) is 33.3 Å². The van der Waals surface area contributed by atoms with E-state index in [1.807, 2.05) is 41.3 Å². The molecule has 0 N–H and O–H groups in total. The molecule has 0 spiro atoms. The Hall–Kier alpha value is -3.06. The van der Waals surface area contributed by atoms with Gasteiger partial charge in [-0.3, -0.25) is 9.79 Å². The van der Waals surface area contributed by atoms with Gasteiger partial charge in [0.05, 0.1) is 6.54 Å². The molecule has 3 heterocycles. The Labute approximate surface area is 174 Å². The van der Waals surface area contributed by atoms with Gasteiger partial charge in [0, 0.05) is 37.6 Å². The topological polar surface area (TPSA) is 61.7 Å². The maximum absolute atomic E-state index is 12.9. The van der Waals surface area contributed by atoms with Crippen molar-refractivity contribution in [1.29, 1.82) is 0 Å². The van der Waals surface area contributed by atoms with E-state index in [1.165, 1.54) is 16.9 Å². The zero-order valence-corrected chi connectivity index (χ0v) is 17.4. The molecular formula is C22H23N5OS. The first-order valence-corrected chi connectivity index (χ1v) is 10.4. The van der Waals surface area contributed by atoms with E-state index in [2.05, 4.69) is 33.4 Å². The number of carbonyl (C=O) groups excluding carboxylic acids is 1. The van der Waals surface area contributed by atoms with Gasteiger partial charge in [-0.05, 0) is 36.2 Å². The number of aliphatic imine (C=N–C) groups is 1. The minimum Gasteiger partial charge on any atom is -0.331 e. The van der Waals surface area contributed by atoms with Crippen LogP contribution in [0.2, 0.25) is 0 Å². The fraction of sp³-hybridized carbons (Fsp3) is 0.273. The standard InChI is InChI=1S/C22H23N5OS/c1-4-16-7-9-17(10-8-16)22(28)26-12-13-27(15(2)14-26)19(23-3)21-25-18-6-5-11-24-20(18)29-21/h5-11H,2,4,12-14H2,1,3H3/b23-19-. The van der Waals surface area contributed by atoms with Crippen LogP contribution in [0, 0.1) is 0 Å². The van der Waals surface area contributed by atoms with E-state index in [4.69, 9.17) is 0 Å². The van der Waals surface area contributed by atoms with Crippen LogP contribution in [0.4, 0.5) is 0 Å². The number of aryl methyl sites for hydroxylation is 1. The summed E-state index contributed by atoms with van der Waals surface area (Å²) in [6, 6.07) is 11.7. The molecule has 0 bridgehead atoms. The average Bonchev–Trinajstić information content (AvgIpc) is 3.18. The minimum atomic E-state index is 0.0348. The summed E-state index contributed by atoms with van der Waals surface area (Å²) >= 11 is 1.52. The highest BCUT2D eigenvalue weighted by atomic mass is 32.1. The number of amides is 1. The Morgan fingerprint density at radius 2 is 2.03 bits per heavy atom. The number of pyridine rings is 1. The summed E-state index contributed by atoms with van der Waals surface area (Å²) in [5, 5.41) is 0.817. The molecular weight excluding hydrogens is 382 g/mol. The van der Waals surface area contributed by atoms with E-state index in [-0.39, 0.29) is 5.91 Å². The van der Waals surface area contributed by atoms with E-state index in [1.54, 1.807) is 13.2 Å². The SMILES string of the molecule is C=C1CN(C(=O)c2ccc(CC)cc2)CCN1/C(=N\C)c1nc2cccnc2s1. The molecule has 1 aliphatic heterocycles. The first kappa shape index (κ1) is 19.3. The van der Waals surface area contributed by atoms with Gasteiger partial charge < -0.3 is 9.80 Å². The number of hydrogen-bond donors (Lipinski definition) is 0. The normalized spacial score (nSPS) is 15.2. The number of carbonyl (C=O) groups is 1. The molecule has 29 heavy (non-hydrogen) atoms. The molecule has 0 saturated carbocycles. The molecule has 0 unspecified atom stereocenters. The van der Waals surface area contributed by atoms with Crippen molar-refractivity contribution in [2.24, 2.45) is 4.99 Å². The molecule has 1 aliphatic rings. The van der Waals surface area contributed by atoms with Gasteiger partial charge in [0.25, 0.3) is 5.91 Å². The summed E-state index contributed by atoms with van der Waals surface area (Å²) in [5.41, 5.74) is 3.64. The summed E-state index contributed by atoms with van der Waals surface area (Å²) in [4.78, 5) is 31.2.